The molecule has 2 unspecified atom stereocenters. The van der Waals surface area contributed by atoms with Crippen LogP contribution >= 0.6 is 0 Å². The number of piperidine rings is 1. The minimum absolute atomic E-state index is 0.0521. The molecule has 2 fully saturated rings. The van der Waals surface area contributed by atoms with Crippen molar-refractivity contribution < 1.29 is 9.59 Å². The number of nitrogens with one attached hydrogen (secondary N) is 1. The molecule has 1 N–H and O–H groups in total. The van der Waals surface area contributed by atoms with Crippen molar-refractivity contribution in [2.75, 3.05) is 37.6 Å². The van der Waals surface area contributed by atoms with Crippen LogP contribution in [-0.4, -0.2) is 49.4 Å². The highest BCUT2D eigenvalue weighted by Gasteiger charge is 2.22. The molecule has 0 bridgehead atoms. The number of carbonyl (C=O) groups excluding carboxylic acids is 2. The second kappa shape index (κ2) is 9.36. The van der Waals surface area contributed by atoms with Gasteiger partial charge in [-0.15, -0.1) is 0 Å². The van der Waals surface area contributed by atoms with Crippen molar-refractivity contribution in [3.05, 3.63) is 29.8 Å². The van der Waals surface area contributed by atoms with E-state index in [1.165, 1.54) is 19.5 Å². The summed E-state index contributed by atoms with van der Waals surface area (Å²) in [5, 5.41) is 3.02. The van der Waals surface area contributed by atoms with Gasteiger partial charge in [0.2, 0.25) is 5.91 Å². The first-order valence-corrected chi connectivity index (χ1v) is 10.4. The first-order valence-electron chi connectivity index (χ1n) is 10.4. The Labute approximate surface area is 163 Å². The minimum atomic E-state index is -0.0521. The molecule has 5 heteroatoms. The van der Waals surface area contributed by atoms with E-state index in [1.54, 1.807) is 4.90 Å². The minimum Gasteiger partial charge on any atom is -0.352 e. The van der Waals surface area contributed by atoms with Crippen LogP contribution in [0, 0.1) is 11.8 Å². The molecule has 2 amide bonds. The third-order valence-corrected chi connectivity index (χ3v) is 5.62. The van der Waals surface area contributed by atoms with Crippen LogP contribution in [0.5, 0.6) is 0 Å². The van der Waals surface area contributed by atoms with E-state index in [0.29, 0.717) is 18.5 Å². The van der Waals surface area contributed by atoms with Gasteiger partial charge in [-0.2, -0.15) is 0 Å². The van der Waals surface area contributed by atoms with E-state index in [1.807, 2.05) is 24.3 Å². The zero-order chi connectivity index (χ0) is 19.2. The van der Waals surface area contributed by atoms with Crippen molar-refractivity contribution in [1.82, 2.24) is 10.2 Å². The van der Waals surface area contributed by atoms with E-state index in [-0.39, 0.29) is 11.8 Å². The largest absolute Gasteiger partial charge is 0.352 e. The lowest BCUT2D eigenvalue weighted by Crippen LogP contribution is -2.39. The fraction of sp³-hybridized carbons (Fsp3) is 0.636. The van der Waals surface area contributed by atoms with Gasteiger partial charge in [-0.25, -0.2) is 0 Å². The fourth-order valence-corrected chi connectivity index (χ4v) is 4.48. The quantitative estimate of drug-likeness (QED) is 0.748. The van der Waals surface area contributed by atoms with Gasteiger partial charge < -0.3 is 15.1 Å². The Morgan fingerprint density at radius 1 is 1.19 bits per heavy atom. The zero-order valence-electron chi connectivity index (χ0n) is 16.7. The number of anilines is 1. The molecule has 3 rings (SSSR count). The number of nitrogens with zero attached hydrogens (tertiary/aromatic N) is 2. The normalized spacial score (nSPS) is 23.6. The Bertz CT molecular complexity index is 651. The van der Waals surface area contributed by atoms with Gasteiger partial charge >= 0.3 is 0 Å². The fourth-order valence-electron chi connectivity index (χ4n) is 4.48. The number of hydrogen-bond donors (Lipinski definition) is 1. The number of carbonyl (C=O) groups is 2. The molecule has 148 valence electrons. The molecule has 27 heavy (non-hydrogen) atoms. The molecule has 0 aliphatic carbocycles. The van der Waals surface area contributed by atoms with Gasteiger partial charge in [0.05, 0.1) is 0 Å². The molecule has 1 aromatic rings. The third kappa shape index (κ3) is 5.55. The van der Waals surface area contributed by atoms with Crippen molar-refractivity contribution in [1.29, 1.82) is 0 Å². The molecule has 0 radical (unpaired) electrons. The summed E-state index contributed by atoms with van der Waals surface area (Å²) in [7, 11) is 0. The Hall–Kier alpha value is -1.88. The maximum Gasteiger partial charge on any atom is 0.251 e. The van der Waals surface area contributed by atoms with Crippen molar-refractivity contribution in [3.63, 3.8) is 0 Å². The van der Waals surface area contributed by atoms with Crippen molar-refractivity contribution >= 4 is 17.5 Å². The Balaban J connectivity index is 1.40. The summed E-state index contributed by atoms with van der Waals surface area (Å²) in [5.41, 5.74) is 1.46. The lowest BCUT2D eigenvalue weighted by molar-refractivity contribution is -0.117. The van der Waals surface area contributed by atoms with E-state index < -0.39 is 0 Å². The van der Waals surface area contributed by atoms with E-state index in [9.17, 15) is 9.59 Å². The molecule has 2 atom stereocenters. The molecule has 2 saturated heterocycles. The summed E-state index contributed by atoms with van der Waals surface area (Å²) in [6, 6.07) is 7.40. The molecule has 1 aromatic carbocycles. The molecular formula is C22H33N3O2. The first-order chi connectivity index (χ1) is 13.0. The Kier molecular flexibility index (Phi) is 6.89. The molecule has 2 aliphatic heterocycles. The maximum absolute atomic E-state index is 12.4. The van der Waals surface area contributed by atoms with E-state index in [4.69, 9.17) is 0 Å². The van der Waals surface area contributed by atoms with Crippen LogP contribution in [0.2, 0.25) is 0 Å². The van der Waals surface area contributed by atoms with Gasteiger partial charge in [-0.3, -0.25) is 9.59 Å². The zero-order valence-corrected chi connectivity index (χ0v) is 16.7. The van der Waals surface area contributed by atoms with Gasteiger partial charge in [0.1, 0.15) is 0 Å². The topological polar surface area (TPSA) is 52.7 Å². The highest BCUT2D eigenvalue weighted by atomic mass is 16.2. The Morgan fingerprint density at radius 3 is 2.67 bits per heavy atom. The number of rotatable bonds is 7. The summed E-state index contributed by atoms with van der Waals surface area (Å²) in [4.78, 5) is 28.7. The monoisotopic (exact) mass is 371 g/mol. The molecule has 5 nitrogen and oxygen atoms in total. The summed E-state index contributed by atoms with van der Waals surface area (Å²) >= 11 is 0. The Morgan fingerprint density at radius 2 is 1.96 bits per heavy atom. The van der Waals surface area contributed by atoms with Gasteiger partial charge in [0, 0.05) is 43.9 Å². The lowest BCUT2D eigenvalue weighted by Gasteiger charge is -2.34. The lowest BCUT2D eigenvalue weighted by atomic mass is 9.92. The number of unbranched alkanes of at least 4 members (excludes halogenated alkanes) is 1. The third-order valence-electron chi connectivity index (χ3n) is 5.62. The van der Waals surface area contributed by atoms with Crippen molar-refractivity contribution in [2.45, 2.75) is 46.0 Å². The maximum atomic E-state index is 12.4. The summed E-state index contributed by atoms with van der Waals surface area (Å²) in [6.45, 7) is 9.66. The summed E-state index contributed by atoms with van der Waals surface area (Å²) in [5.74, 6) is 1.68. The molecule has 2 heterocycles. The van der Waals surface area contributed by atoms with Gasteiger partial charge in [-0.1, -0.05) is 19.9 Å². The van der Waals surface area contributed by atoms with Crippen LogP contribution in [-0.2, 0) is 4.79 Å². The van der Waals surface area contributed by atoms with Crippen molar-refractivity contribution in [2.24, 2.45) is 11.8 Å². The van der Waals surface area contributed by atoms with Crippen LogP contribution in [0.25, 0.3) is 0 Å². The summed E-state index contributed by atoms with van der Waals surface area (Å²) in [6.07, 6.45) is 4.95. The van der Waals surface area contributed by atoms with Crippen LogP contribution in [0.1, 0.15) is 56.3 Å². The molecule has 0 saturated carbocycles. The predicted molar refractivity (Wildman–Crippen MR) is 109 cm³/mol. The highest BCUT2D eigenvalue weighted by molar-refractivity contribution is 5.99. The van der Waals surface area contributed by atoms with Crippen molar-refractivity contribution in [3.8, 4) is 0 Å². The predicted octanol–water partition coefficient (Wildman–Crippen LogP) is 3.30. The average molecular weight is 372 g/mol. The van der Waals surface area contributed by atoms with Crippen LogP contribution in [0.4, 0.5) is 5.69 Å². The second-order valence-electron chi connectivity index (χ2n) is 8.37. The van der Waals surface area contributed by atoms with Crippen LogP contribution < -0.4 is 10.2 Å². The van der Waals surface area contributed by atoms with E-state index in [0.717, 1.165) is 49.9 Å². The van der Waals surface area contributed by atoms with E-state index in [2.05, 4.69) is 24.1 Å². The van der Waals surface area contributed by atoms with Crippen LogP contribution in [0.15, 0.2) is 24.3 Å². The first kappa shape index (κ1) is 19.9. The summed E-state index contributed by atoms with van der Waals surface area (Å²) < 4.78 is 0. The number of likely N-dealkylation sites (tertiary alicyclic amines) is 1. The smallest absolute Gasteiger partial charge is 0.251 e. The standard InChI is InChI=1S/C22H33N3O2/c1-17-13-18(2)16-24(15-17)11-4-3-10-23-22(27)19-7-5-8-20(14-19)25-12-6-9-21(25)26/h5,7-8,14,17-18H,3-4,6,9-13,15-16H2,1-2H3,(H,23,27). The molecule has 0 spiro atoms. The molecule has 0 aromatic heterocycles. The van der Waals surface area contributed by atoms with E-state index >= 15 is 0 Å². The number of amides is 2. The second-order valence-corrected chi connectivity index (χ2v) is 8.37. The molecule has 2 aliphatic rings. The average Bonchev–Trinajstić information content (AvgIpc) is 3.06. The van der Waals surface area contributed by atoms with Gasteiger partial charge in [-0.05, 0) is 62.3 Å². The number of hydrogen-bond acceptors (Lipinski definition) is 3. The number of benzene rings is 1. The van der Waals surface area contributed by atoms with Gasteiger partial charge in [0.25, 0.3) is 5.91 Å². The highest BCUT2D eigenvalue weighted by Crippen LogP contribution is 2.22. The van der Waals surface area contributed by atoms with Crippen LogP contribution in [0.3, 0.4) is 0 Å². The SMILES string of the molecule is CC1CC(C)CN(CCCCNC(=O)c2cccc(N3CCCC3=O)c2)C1. The van der Waals surface area contributed by atoms with Gasteiger partial charge in [0.15, 0.2) is 0 Å². The molecular weight excluding hydrogens is 338 g/mol.